The van der Waals surface area contributed by atoms with E-state index in [9.17, 15) is 27.2 Å². The van der Waals surface area contributed by atoms with Gasteiger partial charge in [0.05, 0.1) is 10.6 Å². The van der Waals surface area contributed by atoms with Crippen LogP contribution in [-0.4, -0.2) is 22.9 Å². The second-order valence-electron chi connectivity index (χ2n) is 8.36. The summed E-state index contributed by atoms with van der Waals surface area (Å²) in [5, 5.41) is 0. The Morgan fingerprint density at radius 2 is 1.79 bits per heavy atom. The summed E-state index contributed by atoms with van der Waals surface area (Å²) in [6, 6.07) is 8.31. The fourth-order valence-electron chi connectivity index (χ4n) is 3.53. The van der Waals surface area contributed by atoms with Crippen molar-refractivity contribution in [1.82, 2.24) is 4.98 Å². The molecule has 0 saturated heterocycles. The molecule has 0 spiro atoms. The van der Waals surface area contributed by atoms with Crippen LogP contribution >= 0.6 is 11.3 Å². The first-order chi connectivity index (χ1) is 15.4. The van der Waals surface area contributed by atoms with Gasteiger partial charge in [-0.15, -0.1) is 11.3 Å². The van der Waals surface area contributed by atoms with Gasteiger partial charge in [-0.2, -0.15) is 13.2 Å². The first-order valence-electron chi connectivity index (χ1n) is 10.1. The predicted octanol–water partition coefficient (Wildman–Crippen LogP) is 6.00. The summed E-state index contributed by atoms with van der Waals surface area (Å²) >= 11 is 0.766. The van der Waals surface area contributed by atoms with Gasteiger partial charge in [0.1, 0.15) is 12.1 Å². The number of aromatic nitrogens is 1. The van der Waals surface area contributed by atoms with E-state index >= 15 is 0 Å². The van der Waals surface area contributed by atoms with Gasteiger partial charge in [0.2, 0.25) is 11.8 Å². The number of alkyl halides is 3. The zero-order valence-corrected chi connectivity index (χ0v) is 18.7. The van der Waals surface area contributed by atoms with Crippen molar-refractivity contribution in [3.63, 3.8) is 0 Å². The number of nitrogens with zero attached hydrogens (tertiary/aromatic N) is 1. The van der Waals surface area contributed by atoms with Gasteiger partial charge in [0.25, 0.3) is 5.78 Å². The molecule has 3 aromatic rings. The minimum atomic E-state index is -4.96. The van der Waals surface area contributed by atoms with Gasteiger partial charge < -0.3 is 10.2 Å². The fourth-order valence-corrected chi connectivity index (χ4v) is 4.63. The molecular weight excluding hydrogens is 460 g/mol. The van der Waals surface area contributed by atoms with E-state index in [2.05, 4.69) is 4.98 Å². The number of halogens is 4. The molecule has 176 valence electrons. The number of amides is 1. The Hall–Kier alpha value is -3.01. The second kappa shape index (κ2) is 9.46. The molecule has 3 rings (SSSR count). The number of benzene rings is 1. The Labute approximate surface area is 191 Å². The van der Waals surface area contributed by atoms with Crippen molar-refractivity contribution in [2.75, 3.05) is 0 Å². The molecule has 5 nitrogen and oxygen atoms in total. The van der Waals surface area contributed by atoms with Gasteiger partial charge >= 0.3 is 6.18 Å². The monoisotopic (exact) mass is 482 g/mol. The molecule has 1 atom stereocenters. The number of carbonyl (C=O) groups is 2. The summed E-state index contributed by atoms with van der Waals surface area (Å²) < 4.78 is 57.2. The third-order valence-corrected chi connectivity index (χ3v) is 6.54. The number of nitrogens with two attached hydrogens (primary N) is 1. The molecule has 2 heterocycles. The normalized spacial score (nSPS) is 13.2. The van der Waals surface area contributed by atoms with Crippen molar-refractivity contribution in [2.45, 2.75) is 50.6 Å². The van der Waals surface area contributed by atoms with Crippen molar-refractivity contribution >= 4 is 23.0 Å². The fraction of sp³-hybridized carbons (Fsp3) is 0.348. The van der Waals surface area contributed by atoms with E-state index in [0.717, 1.165) is 17.4 Å². The average Bonchev–Trinajstić information content (AvgIpc) is 3.40. The van der Waals surface area contributed by atoms with Gasteiger partial charge in [0, 0.05) is 22.3 Å². The second-order valence-corrected chi connectivity index (χ2v) is 9.48. The molecule has 0 bridgehead atoms. The topological polar surface area (TPSA) is 86.2 Å². The number of hydrogen-bond donors (Lipinski definition) is 1. The lowest BCUT2D eigenvalue weighted by Gasteiger charge is -2.27. The van der Waals surface area contributed by atoms with Gasteiger partial charge in [-0.1, -0.05) is 13.8 Å². The van der Waals surface area contributed by atoms with Crippen LogP contribution < -0.4 is 5.73 Å². The Bertz CT molecular complexity index is 1130. The molecule has 1 unspecified atom stereocenters. The van der Waals surface area contributed by atoms with E-state index in [1.165, 1.54) is 24.5 Å². The van der Waals surface area contributed by atoms with Crippen LogP contribution in [0.5, 0.6) is 0 Å². The zero-order valence-electron chi connectivity index (χ0n) is 17.9. The van der Waals surface area contributed by atoms with E-state index in [1.54, 1.807) is 12.1 Å². The van der Waals surface area contributed by atoms with Crippen molar-refractivity contribution in [1.29, 1.82) is 0 Å². The summed E-state index contributed by atoms with van der Waals surface area (Å²) in [6.07, 6.45) is -2.71. The van der Waals surface area contributed by atoms with Crippen LogP contribution in [0.25, 0.3) is 11.5 Å². The molecule has 0 saturated carbocycles. The highest BCUT2D eigenvalue weighted by Gasteiger charge is 2.40. The van der Waals surface area contributed by atoms with Crippen LogP contribution in [0.4, 0.5) is 17.6 Å². The molecule has 0 fully saturated rings. The van der Waals surface area contributed by atoms with E-state index in [1.807, 2.05) is 13.8 Å². The van der Waals surface area contributed by atoms with E-state index in [0.29, 0.717) is 34.9 Å². The SMILES string of the molecule is CC(C)(CC(CCC(N)=O)c1ccc(C(=O)C(F)(F)F)s1)c1coc(-c2ccc(F)cc2)n1. The van der Waals surface area contributed by atoms with Crippen molar-refractivity contribution in [3.05, 3.63) is 63.9 Å². The summed E-state index contributed by atoms with van der Waals surface area (Å²) in [7, 11) is 0. The molecule has 2 aromatic heterocycles. The lowest BCUT2D eigenvalue weighted by Crippen LogP contribution is -2.22. The maximum Gasteiger partial charge on any atom is 0.455 e. The smallest absolute Gasteiger partial charge is 0.444 e. The Morgan fingerprint density at radius 3 is 2.39 bits per heavy atom. The molecule has 1 amide bonds. The third-order valence-electron chi connectivity index (χ3n) is 5.30. The Balaban J connectivity index is 1.85. The molecule has 0 aliphatic carbocycles. The lowest BCUT2D eigenvalue weighted by molar-refractivity contribution is -0.118. The van der Waals surface area contributed by atoms with Crippen molar-refractivity contribution in [3.8, 4) is 11.5 Å². The first kappa shape index (κ1) is 24.6. The average molecular weight is 482 g/mol. The zero-order chi connectivity index (χ0) is 24.4. The van der Waals surface area contributed by atoms with Gasteiger partial charge in [0.15, 0.2) is 0 Å². The number of ketones is 1. The van der Waals surface area contributed by atoms with E-state index in [-0.39, 0.29) is 18.2 Å². The third kappa shape index (κ3) is 6.07. The van der Waals surface area contributed by atoms with E-state index < -0.39 is 28.2 Å². The summed E-state index contributed by atoms with van der Waals surface area (Å²) in [5.41, 5.74) is 5.88. The van der Waals surface area contributed by atoms with Gasteiger partial charge in [-0.05, 0) is 55.2 Å². The number of hydrogen-bond acceptors (Lipinski definition) is 5. The first-order valence-corrected chi connectivity index (χ1v) is 10.9. The number of rotatable bonds is 9. The quantitative estimate of drug-likeness (QED) is 0.299. The number of oxazole rings is 1. The molecule has 33 heavy (non-hydrogen) atoms. The van der Waals surface area contributed by atoms with Crippen LogP contribution in [0.2, 0.25) is 0 Å². The van der Waals surface area contributed by atoms with Crippen LogP contribution in [0, 0.1) is 5.82 Å². The van der Waals surface area contributed by atoms with Crippen LogP contribution in [0.1, 0.15) is 59.3 Å². The van der Waals surface area contributed by atoms with E-state index in [4.69, 9.17) is 10.2 Å². The number of thiophene rings is 1. The lowest BCUT2D eigenvalue weighted by atomic mass is 9.78. The molecule has 1 aromatic carbocycles. The molecule has 0 aliphatic rings. The maximum absolute atomic E-state index is 13.2. The summed E-state index contributed by atoms with van der Waals surface area (Å²) in [6.45, 7) is 3.79. The maximum atomic E-state index is 13.2. The minimum absolute atomic E-state index is 0.0425. The Morgan fingerprint density at radius 1 is 1.12 bits per heavy atom. The van der Waals surface area contributed by atoms with Crippen LogP contribution in [0.3, 0.4) is 0 Å². The van der Waals surface area contributed by atoms with Crippen LogP contribution in [0.15, 0.2) is 47.1 Å². The summed E-state index contributed by atoms with van der Waals surface area (Å²) in [4.78, 5) is 27.6. The van der Waals surface area contributed by atoms with Gasteiger partial charge in [-0.25, -0.2) is 9.37 Å². The molecular formula is C23H22F4N2O3S. The largest absolute Gasteiger partial charge is 0.455 e. The highest BCUT2D eigenvalue weighted by atomic mass is 32.1. The number of primary amides is 1. The van der Waals surface area contributed by atoms with Crippen LogP contribution in [-0.2, 0) is 10.2 Å². The van der Waals surface area contributed by atoms with Gasteiger partial charge in [-0.3, -0.25) is 9.59 Å². The molecule has 10 heteroatoms. The van der Waals surface area contributed by atoms with Crippen molar-refractivity contribution in [2.24, 2.45) is 5.73 Å². The number of Topliss-reactive ketones (excluding diaryl/α,β-unsaturated/α-hetero) is 1. The molecule has 0 aliphatic heterocycles. The number of carbonyl (C=O) groups excluding carboxylic acids is 2. The standard InChI is InChI=1S/C23H22F4N2O3S/c1-22(2,18-12-32-21(29-18)13-3-6-15(24)7-4-13)11-14(5-10-19(28)30)16-8-9-17(33-16)20(31)23(25,26)27/h3-4,6-9,12,14H,5,10-11H2,1-2H3,(H2,28,30). The molecule has 0 radical (unpaired) electrons. The van der Waals surface area contributed by atoms with Crippen molar-refractivity contribution < 1.29 is 31.6 Å². The summed E-state index contributed by atoms with van der Waals surface area (Å²) in [5.74, 6) is -2.84. The molecule has 2 N–H and O–H groups in total. The predicted molar refractivity (Wildman–Crippen MR) is 115 cm³/mol. The highest BCUT2D eigenvalue weighted by molar-refractivity contribution is 7.14. The minimum Gasteiger partial charge on any atom is -0.444 e. The highest BCUT2D eigenvalue weighted by Crippen LogP contribution is 2.40. The Kier molecular flexibility index (Phi) is 7.06.